The van der Waals surface area contributed by atoms with E-state index in [-0.39, 0.29) is 6.54 Å². The van der Waals surface area contributed by atoms with Crippen molar-refractivity contribution < 1.29 is 19.7 Å². The summed E-state index contributed by atoms with van der Waals surface area (Å²) in [6, 6.07) is 0.708. The molecule has 1 heterocycles. The molecule has 1 atom stereocenters. The van der Waals surface area contributed by atoms with Gasteiger partial charge in [-0.2, -0.15) is 0 Å². The number of aliphatic carboxylic acids is 1. The summed E-state index contributed by atoms with van der Waals surface area (Å²) in [5.41, 5.74) is 0. The molecule has 1 rings (SSSR count). The lowest BCUT2D eigenvalue weighted by Crippen LogP contribution is -3.29. The van der Waals surface area contributed by atoms with Crippen LogP contribution in [0.3, 0.4) is 0 Å². The molecule has 4 heteroatoms. The van der Waals surface area contributed by atoms with Crippen molar-refractivity contribution in [1.29, 1.82) is 0 Å². The maximum absolute atomic E-state index is 10.4. The molecule has 0 aromatic heterocycles. The zero-order valence-electron chi connectivity index (χ0n) is 9.14. The second kappa shape index (κ2) is 5.32. The highest BCUT2D eigenvalue weighted by molar-refractivity contribution is 5.65. The number of quaternary nitrogens is 2. The molecule has 2 N–H and O–H groups in total. The van der Waals surface area contributed by atoms with Crippen LogP contribution in [0.5, 0.6) is 0 Å². The second-order valence-corrected chi connectivity index (χ2v) is 4.27. The van der Waals surface area contributed by atoms with Crippen LogP contribution in [0.2, 0.25) is 0 Å². The Morgan fingerprint density at radius 1 is 1.36 bits per heavy atom. The van der Waals surface area contributed by atoms with E-state index in [1.807, 2.05) is 0 Å². The van der Waals surface area contributed by atoms with Gasteiger partial charge in [-0.15, -0.1) is 0 Å². The topological polar surface area (TPSA) is 49.0 Å². The van der Waals surface area contributed by atoms with Gasteiger partial charge in [-0.3, -0.25) is 0 Å². The number of piperazine rings is 1. The Morgan fingerprint density at radius 2 is 1.93 bits per heavy atom. The number of carboxylic acids is 1. The van der Waals surface area contributed by atoms with Crippen molar-refractivity contribution in [3.63, 3.8) is 0 Å². The number of nitrogens with one attached hydrogen (secondary N) is 2. The molecule has 0 aliphatic carbocycles. The van der Waals surface area contributed by atoms with Gasteiger partial charge in [0.25, 0.3) is 0 Å². The monoisotopic (exact) mass is 201 g/mol. The van der Waals surface area contributed by atoms with Crippen LogP contribution >= 0.6 is 0 Å². The first-order valence-electron chi connectivity index (χ1n) is 5.51. The second-order valence-electron chi connectivity index (χ2n) is 4.27. The van der Waals surface area contributed by atoms with E-state index in [2.05, 4.69) is 13.8 Å². The largest absolute Gasteiger partial charge is 0.544 e. The van der Waals surface area contributed by atoms with Crippen LogP contribution in [0, 0.1) is 0 Å². The average molecular weight is 201 g/mol. The fourth-order valence-electron chi connectivity index (χ4n) is 2.09. The van der Waals surface area contributed by atoms with Crippen molar-refractivity contribution in [2.45, 2.75) is 26.3 Å². The van der Waals surface area contributed by atoms with Crippen molar-refractivity contribution in [2.24, 2.45) is 0 Å². The van der Waals surface area contributed by atoms with Crippen LogP contribution in [0.15, 0.2) is 0 Å². The SMILES string of the molecule is CC[C@@H](C)[NH+]1CC[NH+](CC(=O)[O-])CC1. The van der Waals surface area contributed by atoms with Crippen LogP contribution in [-0.2, 0) is 4.79 Å². The van der Waals surface area contributed by atoms with E-state index in [9.17, 15) is 9.90 Å². The van der Waals surface area contributed by atoms with Crippen LogP contribution in [-0.4, -0.2) is 44.7 Å². The lowest BCUT2D eigenvalue weighted by atomic mass is 10.2. The molecule has 4 nitrogen and oxygen atoms in total. The van der Waals surface area contributed by atoms with E-state index in [1.165, 1.54) is 6.42 Å². The summed E-state index contributed by atoms with van der Waals surface area (Å²) in [6.45, 7) is 8.77. The first kappa shape index (κ1) is 11.5. The van der Waals surface area contributed by atoms with Gasteiger partial charge in [0, 0.05) is 0 Å². The predicted molar refractivity (Wildman–Crippen MR) is 51.0 cm³/mol. The zero-order chi connectivity index (χ0) is 10.6. The van der Waals surface area contributed by atoms with Crippen LogP contribution < -0.4 is 14.9 Å². The van der Waals surface area contributed by atoms with Crippen molar-refractivity contribution in [3.8, 4) is 0 Å². The number of carboxylic acid groups (broad SMARTS) is 1. The van der Waals surface area contributed by atoms with Gasteiger partial charge in [0.2, 0.25) is 0 Å². The van der Waals surface area contributed by atoms with E-state index in [0.717, 1.165) is 31.1 Å². The van der Waals surface area contributed by atoms with Crippen molar-refractivity contribution in [1.82, 2.24) is 0 Å². The minimum absolute atomic E-state index is 0.174. The maximum Gasteiger partial charge on any atom is 0.127 e. The molecule has 0 unspecified atom stereocenters. The standard InChI is InChI=1S/C10H20N2O2/c1-3-9(2)12-6-4-11(5-7-12)8-10(13)14/h9H,3-8H2,1-2H3,(H,13,14)/p+1/t9-/m1/s1. The third-order valence-corrected chi connectivity index (χ3v) is 3.30. The van der Waals surface area contributed by atoms with E-state index in [0.29, 0.717) is 6.04 Å². The summed E-state index contributed by atoms with van der Waals surface area (Å²) >= 11 is 0. The van der Waals surface area contributed by atoms with Crippen molar-refractivity contribution in [2.75, 3.05) is 32.7 Å². The highest BCUT2D eigenvalue weighted by atomic mass is 16.4. The molecule has 1 saturated heterocycles. The van der Waals surface area contributed by atoms with Crippen LogP contribution in [0.4, 0.5) is 0 Å². The van der Waals surface area contributed by atoms with Gasteiger partial charge in [0.1, 0.15) is 32.7 Å². The van der Waals surface area contributed by atoms with Crippen LogP contribution in [0.1, 0.15) is 20.3 Å². The Kier molecular flexibility index (Phi) is 4.35. The molecule has 14 heavy (non-hydrogen) atoms. The Hall–Kier alpha value is -0.610. The molecule has 0 spiro atoms. The molecule has 1 aliphatic heterocycles. The van der Waals surface area contributed by atoms with E-state index in [4.69, 9.17) is 0 Å². The van der Waals surface area contributed by atoms with Gasteiger partial charge in [0.05, 0.1) is 12.0 Å². The molecular weight excluding hydrogens is 180 g/mol. The van der Waals surface area contributed by atoms with E-state index in [1.54, 1.807) is 4.90 Å². The minimum atomic E-state index is -0.924. The Balaban J connectivity index is 2.27. The van der Waals surface area contributed by atoms with Crippen molar-refractivity contribution in [3.05, 3.63) is 0 Å². The Bertz CT molecular complexity index is 189. The Morgan fingerprint density at radius 3 is 2.36 bits per heavy atom. The lowest BCUT2D eigenvalue weighted by Gasteiger charge is -2.32. The van der Waals surface area contributed by atoms with Crippen molar-refractivity contribution >= 4 is 5.97 Å². The molecule has 1 aliphatic rings. The molecule has 0 saturated carbocycles. The number of rotatable bonds is 4. The molecule has 0 aromatic carbocycles. The molecule has 0 radical (unpaired) electrons. The summed E-state index contributed by atoms with van der Waals surface area (Å²) in [4.78, 5) is 13.2. The highest BCUT2D eigenvalue weighted by Crippen LogP contribution is 1.81. The fourth-order valence-corrected chi connectivity index (χ4v) is 2.09. The lowest BCUT2D eigenvalue weighted by molar-refractivity contribution is -1.02. The molecule has 82 valence electrons. The van der Waals surface area contributed by atoms with Gasteiger partial charge >= 0.3 is 0 Å². The van der Waals surface area contributed by atoms with E-state index >= 15 is 0 Å². The van der Waals surface area contributed by atoms with E-state index < -0.39 is 5.97 Å². The number of hydrogen-bond donors (Lipinski definition) is 2. The number of hydrogen-bond acceptors (Lipinski definition) is 2. The summed E-state index contributed by atoms with van der Waals surface area (Å²) < 4.78 is 0. The quantitative estimate of drug-likeness (QED) is 0.492. The Labute approximate surface area is 85.5 Å². The highest BCUT2D eigenvalue weighted by Gasteiger charge is 2.25. The predicted octanol–water partition coefficient (Wildman–Crippen LogP) is -3.68. The third kappa shape index (κ3) is 3.27. The first-order valence-corrected chi connectivity index (χ1v) is 5.51. The summed E-state index contributed by atoms with van der Waals surface area (Å²) in [6.07, 6.45) is 1.20. The van der Waals surface area contributed by atoms with Gasteiger partial charge in [-0.05, 0) is 13.3 Å². The minimum Gasteiger partial charge on any atom is -0.544 e. The molecular formula is C10H21N2O2+. The fraction of sp³-hybridized carbons (Fsp3) is 0.900. The smallest absolute Gasteiger partial charge is 0.127 e. The zero-order valence-corrected chi connectivity index (χ0v) is 9.14. The number of carbonyl (C=O) groups excluding carboxylic acids is 1. The van der Waals surface area contributed by atoms with Gasteiger partial charge < -0.3 is 19.7 Å². The summed E-state index contributed by atoms with van der Waals surface area (Å²) in [5.74, 6) is -0.924. The summed E-state index contributed by atoms with van der Waals surface area (Å²) in [7, 11) is 0. The maximum atomic E-state index is 10.4. The third-order valence-electron chi connectivity index (χ3n) is 3.30. The normalized spacial score (nSPS) is 29.9. The molecule has 0 bridgehead atoms. The molecule has 0 aromatic rings. The molecule has 1 fully saturated rings. The van der Waals surface area contributed by atoms with Gasteiger partial charge in [0.15, 0.2) is 0 Å². The number of carbonyl (C=O) groups is 1. The van der Waals surface area contributed by atoms with Gasteiger partial charge in [-0.25, -0.2) is 0 Å². The van der Waals surface area contributed by atoms with Gasteiger partial charge in [-0.1, -0.05) is 6.92 Å². The van der Waals surface area contributed by atoms with Crippen LogP contribution in [0.25, 0.3) is 0 Å². The first-order chi connectivity index (χ1) is 6.63. The average Bonchev–Trinajstić information content (AvgIpc) is 2.17. The summed E-state index contributed by atoms with van der Waals surface area (Å²) in [5, 5.41) is 10.4. The molecule has 0 amide bonds.